The second-order valence-electron chi connectivity index (χ2n) is 4.66. The molecule has 0 atom stereocenters. The Labute approximate surface area is 117 Å². The zero-order valence-corrected chi connectivity index (χ0v) is 12.7. The molecule has 1 aromatic rings. The fourth-order valence-corrected chi connectivity index (χ4v) is 2.15. The third-order valence-corrected chi connectivity index (χ3v) is 3.25. The van der Waals surface area contributed by atoms with Gasteiger partial charge in [0.1, 0.15) is 0 Å². The van der Waals surface area contributed by atoms with Gasteiger partial charge in [0.2, 0.25) is 0 Å². The summed E-state index contributed by atoms with van der Waals surface area (Å²) < 4.78 is 1.09. The van der Waals surface area contributed by atoms with Crippen molar-refractivity contribution < 1.29 is 4.79 Å². The molecular weight excluding hydrogens is 325 g/mol. The molecule has 0 unspecified atom stereocenters. The lowest BCUT2D eigenvalue weighted by atomic mass is 10.1. The fourth-order valence-electron chi connectivity index (χ4n) is 1.61. The van der Waals surface area contributed by atoms with Gasteiger partial charge in [-0.15, -0.1) is 0 Å². The van der Waals surface area contributed by atoms with Gasteiger partial charge in [0.05, 0.1) is 0 Å². The smallest absolute Gasteiger partial charge is 0.251 e. The third kappa shape index (κ3) is 6.05. The van der Waals surface area contributed by atoms with Crippen LogP contribution in [0.25, 0.3) is 0 Å². The van der Waals surface area contributed by atoms with E-state index in [1.54, 1.807) is 0 Å². The molecule has 0 aliphatic carbocycles. The van der Waals surface area contributed by atoms with E-state index in [4.69, 9.17) is 0 Å². The predicted molar refractivity (Wildman–Crippen MR) is 80.2 cm³/mol. The van der Waals surface area contributed by atoms with Gasteiger partial charge in [0.25, 0.3) is 5.91 Å². The number of carbonyl (C=O) groups excluding carboxylic acids is 1. The Bertz CT molecular complexity index is 363. The maximum atomic E-state index is 11.8. The van der Waals surface area contributed by atoms with E-state index in [2.05, 4.69) is 41.8 Å². The highest BCUT2D eigenvalue weighted by atomic mass is 127. The van der Waals surface area contributed by atoms with Crippen molar-refractivity contribution in [3.63, 3.8) is 0 Å². The fraction of sp³-hybridized carbons (Fsp3) is 0.500. The van der Waals surface area contributed by atoms with Crippen molar-refractivity contribution in [2.45, 2.75) is 33.1 Å². The summed E-state index contributed by atoms with van der Waals surface area (Å²) in [6.07, 6.45) is 3.48. The van der Waals surface area contributed by atoms with Crippen LogP contribution in [0.2, 0.25) is 0 Å². The normalized spacial score (nSPS) is 10.6. The number of nitrogens with one attached hydrogen (secondary N) is 1. The van der Waals surface area contributed by atoms with E-state index < -0.39 is 0 Å². The molecule has 1 rings (SSSR count). The molecule has 94 valence electrons. The van der Waals surface area contributed by atoms with Gasteiger partial charge in [-0.05, 0) is 53.1 Å². The topological polar surface area (TPSA) is 29.1 Å². The van der Waals surface area contributed by atoms with E-state index in [1.807, 2.05) is 24.3 Å². The van der Waals surface area contributed by atoms with Gasteiger partial charge >= 0.3 is 0 Å². The number of carbonyl (C=O) groups is 1. The van der Waals surface area contributed by atoms with Crippen LogP contribution in [0.1, 0.15) is 43.5 Å². The molecule has 1 aromatic carbocycles. The molecule has 17 heavy (non-hydrogen) atoms. The molecule has 3 heteroatoms. The van der Waals surface area contributed by atoms with Gasteiger partial charge in [-0.1, -0.05) is 32.8 Å². The maximum Gasteiger partial charge on any atom is 0.251 e. The molecule has 2 nitrogen and oxygen atoms in total. The van der Waals surface area contributed by atoms with Crippen LogP contribution in [-0.4, -0.2) is 12.5 Å². The number of unbranched alkanes of at least 4 members (excludes halogenated alkanes) is 1. The first-order valence-electron chi connectivity index (χ1n) is 6.13. The van der Waals surface area contributed by atoms with Crippen LogP contribution in [-0.2, 0) is 0 Å². The minimum atomic E-state index is 0.0352. The molecule has 1 amide bonds. The first-order chi connectivity index (χ1) is 8.09. The first-order valence-corrected chi connectivity index (χ1v) is 7.21. The molecule has 0 radical (unpaired) electrons. The average Bonchev–Trinajstić information content (AvgIpc) is 2.28. The molecule has 0 spiro atoms. The lowest BCUT2D eigenvalue weighted by molar-refractivity contribution is 0.0953. The van der Waals surface area contributed by atoms with Crippen LogP contribution in [0.4, 0.5) is 0 Å². The molecule has 0 aliphatic rings. The van der Waals surface area contributed by atoms with Crippen molar-refractivity contribution in [2.24, 2.45) is 5.92 Å². The third-order valence-electron chi connectivity index (χ3n) is 2.58. The molecule has 0 saturated heterocycles. The number of amides is 1. The molecule has 0 saturated carbocycles. The van der Waals surface area contributed by atoms with E-state index in [0.717, 1.165) is 28.0 Å². The summed E-state index contributed by atoms with van der Waals surface area (Å²) >= 11 is 2.22. The van der Waals surface area contributed by atoms with Gasteiger partial charge in [0.15, 0.2) is 0 Å². The molecule has 0 aliphatic heterocycles. The zero-order chi connectivity index (χ0) is 12.7. The molecule has 0 bridgehead atoms. The van der Waals surface area contributed by atoms with Gasteiger partial charge in [-0.2, -0.15) is 0 Å². The Morgan fingerprint density at radius 1 is 1.35 bits per heavy atom. The lowest BCUT2D eigenvalue weighted by Crippen LogP contribution is -2.24. The monoisotopic (exact) mass is 345 g/mol. The number of hydrogen-bond donors (Lipinski definition) is 1. The van der Waals surface area contributed by atoms with E-state index >= 15 is 0 Å². The Balaban J connectivity index is 2.26. The molecule has 0 heterocycles. The quantitative estimate of drug-likeness (QED) is 0.616. The predicted octanol–water partition coefficient (Wildman–Crippen LogP) is 3.85. The van der Waals surface area contributed by atoms with Crippen molar-refractivity contribution in [1.29, 1.82) is 0 Å². The highest BCUT2D eigenvalue weighted by Gasteiger charge is 2.04. The summed E-state index contributed by atoms with van der Waals surface area (Å²) in [5.41, 5.74) is 0.751. The number of rotatable bonds is 6. The van der Waals surface area contributed by atoms with Crippen LogP contribution in [0.3, 0.4) is 0 Å². The van der Waals surface area contributed by atoms with Crippen LogP contribution >= 0.6 is 22.6 Å². The lowest BCUT2D eigenvalue weighted by Gasteiger charge is -2.06. The van der Waals surface area contributed by atoms with E-state index in [-0.39, 0.29) is 5.91 Å². The van der Waals surface area contributed by atoms with Crippen molar-refractivity contribution in [3.05, 3.63) is 33.4 Å². The SMILES string of the molecule is CC(C)CCCCNC(=O)c1cccc(I)c1. The Morgan fingerprint density at radius 2 is 2.12 bits per heavy atom. The highest BCUT2D eigenvalue weighted by molar-refractivity contribution is 14.1. The van der Waals surface area contributed by atoms with Crippen molar-refractivity contribution in [3.8, 4) is 0 Å². The van der Waals surface area contributed by atoms with E-state index in [1.165, 1.54) is 12.8 Å². The molecule has 1 N–H and O–H groups in total. The van der Waals surface area contributed by atoms with Gasteiger partial charge in [-0.25, -0.2) is 0 Å². The number of halogens is 1. The molecule has 0 aromatic heterocycles. The summed E-state index contributed by atoms with van der Waals surface area (Å²) in [5.74, 6) is 0.787. The summed E-state index contributed by atoms with van der Waals surface area (Å²) in [4.78, 5) is 11.8. The van der Waals surface area contributed by atoms with Crippen LogP contribution in [0, 0.1) is 9.49 Å². The summed E-state index contributed by atoms with van der Waals surface area (Å²) in [6, 6.07) is 7.66. The Kier molecular flexibility index (Phi) is 6.55. The van der Waals surface area contributed by atoms with Gasteiger partial charge in [-0.3, -0.25) is 4.79 Å². The standard InChI is InChI=1S/C14H20INO/c1-11(2)6-3-4-9-16-14(17)12-7-5-8-13(15)10-12/h5,7-8,10-11H,3-4,6,9H2,1-2H3,(H,16,17). The largest absolute Gasteiger partial charge is 0.352 e. The first kappa shape index (κ1) is 14.5. The minimum absolute atomic E-state index is 0.0352. The van der Waals surface area contributed by atoms with Crippen LogP contribution in [0.5, 0.6) is 0 Å². The van der Waals surface area contributed by atoms with Crippen LogP contribution < -0.4 is 5.32 Å². The van der Waals surface area contributed by atoms with Crippen LogP contribution in [0.15, 0.2) is 24.3 Å². The zero-order valence-electron chi connectivity index (χ0n) is 10.5. The van der Waals surface area contributed by atoms with E-state index in [0.29, 0.717) is 0 Å². The van der Waals surface area contributed by atoms with Crippen molar-refractivity contribution in [2.75, 3.05) is 6.54 Å². The second kappa shape index (κ2) is 7.69. The van der Waals surface area contributed by atoms with Crippen molar-refractivity contribution >= 4 is 28.5 Å². The van der Waals surface area contributed by atoms with Gasteiger partial charge in [0, 0.05) is 15.7 Å². The van der Waals surface area contributed by atoms with E-state index in [9.17, 15) is 4.79 Å². The minimum Gasteiger partial charge on any atom is -0.352 e. The Morgan fingerprint density at radius 3 is 2.76 bits per heavy atom. The number of hydrogen-bond acceptors (Lipinski definition) is 1. The highest BCUT2D eigenvalue weighted by Crippen LogP contribution is 2.08. The van der Waals surface area contributed by atoms with Crippen molar-refractivity contribution in [1.82, 2.24) is 5.32 Å². The maximum absolute atomic E-state index is 11.8. The summed E-state index contributed by atoms with van der Waals surface area (Å²) in [6.45, 7) is 5.23. The second-order valence-corrected chi connectivity index (χ2v) is 5.90. The average molecular weight is 345 g/mol. The summed E-state index contributed by atoms with van der Waals surface area (Å²) in [5, 5.41) is 2.96. The van der Waals surface area contributed by atoms with Gasteiger partial charge < -0.3 is 5.32 Å². The molecular formula is C14H20INO. The molecule has 0 fully saturated rings. The summed E-state index contributed by atoms with van der Waals surface area (Å²) in [7, 11) is 0. The number of benzene rings is 1. The Hall–Kier alpha value is -0.580.